The summed E-state index contributed by atoms with van der Waals surface area (Å²) in [5, 5.41) is 0.428. The van der Waals surface area contributed by atoms with Crippen LogP contribution in [0.2, 0.25) is 5.22 Å². The molecule has 1 aromatic rings. The van der Waals surface area contributed by atoms with E-state index in [0.717, 1.165) is 17.6 Å². The van der Waals surface area contributed by atoms with Gasteiger partial charge in [0.1, 0.15) is 5.76 Å². The zero-order valence-electron chi connectivity index (χ0n) is 10.4. The molecular formula is C13H21ClN2O. The van der Waals surface area contributed by atoms with Crippen molar-refractivity contribution in [2.24, 2.45) is 23.6 Å². The van der Waals surface area contributed by atoms with Crippen molar-refractivity contribution in [3.8, 4) is 0 Å². The highest BCUT2D eigenvalue weighted by molar-refractivity contribution is 6.28. The minimum Gasteiger partial charge on any atom is -0.448 e. The Bertz CT molecular complexity index is 356. The van der Waals surface area contributed by atoms with Crippen LogP contribution in [-0.2, 0) is 0 Å². The first-order valence-corrected chi connectivity index (χ1v) is 6.69. The molecule has 1 aliphatic rings. The van der Waals surface area contributed by atoms with E-state index in [0.29, 0.717) is 11.1 Å². The molecule has 96 valence electrons. The summed E-state index contributed by atoms with van der Waals surface area (Å²) < 4.78 is 5.48. The van der Waals surface area contributed by atoms with Crippen LogP contribution in [0.3, 0.4) is 0 Å². The molecule has 0 saturated heterocycles. The zero-order valence-corrected chi connectivity index (χ0v) is 11.2. The molecular weight excluding hydrogens is 236 g/mol. The predicted octanol–water partition coefficient (Wildman–Crippen LogP) is 3.51. The number of nitrogens with one attached hydrogen (secondary N) is 1. The fraction of sp³-hybridized carbons (Fsp3) is 0.692. The quantitative estimate of drug-likeness (QED) is 0.643. The van der Waals surface area contributed by atoms with E-state index in [1.807, 2.05) is 6.07 Å². The van der Waals surface area contributed by atoms with Crippen LogP contribution in [-0.4, -0.2) is 0 Å². The summed E-state index contributed by atoms with van der Waals surface area (Å²) in [6.45, 7) is 4.62. The Morgan fingerprint density at radius 3 is 2.41 bits per heavy atom. The van der Waals surface area contributed by atoms with Gasteiger partial charge >= 0.3 is 0 Å². The third-order valence-corrected chi connectivity index (χ3v) is 3.97. The minimum absolute atomic E-state index is 0.0766. The van der Waals surface area contributed by atoms with Gasteiger partial charge in [-0.05, 0) is 60.7 Å². The number of furan rings is 1. The Morgan fingerprint density at radius 2 is 1.94 bits per heavy atom. The van der Waals surface area contributed by atoms with Gasteiger partial charge in [0.25, 0.3) is 0 Å². The molecule has 1 aliphatic carbocycles. The molecule has 0 aromatic carbocycles. The first-order valence-electron chi connectivity index (χ1n) is 6.31. The van der Waals surface area contributed by atoms with Gasteiger partial charge in [-0.1, -0.05) is 13.8 Å². The monoisotopic (exact) mass is 256 g/mol. The second kappa shape index (κ2) is 5.42. The molecule has 0 amide bonds. The second-order valence-corrected chi connectivity index (χ2v) is 5.84. The van der Waals surface area contributed by atoms with Gasteiger partial charge < -0.3 is 4.42 Å². The molecule has 0 aliphatic heterocycles. The van der Waals surface area contributed by atoms with Gasteiger partial charge in [0.2, 0.25) is 0 Å². The predicted molar refractivity (Wildman–Crippen MR) is 69.5 cm³/mol. The Kier molecular flexibility index (Phi) is 4.13. The Balaban J connectivity index is 2.12. The van der Waals surface area contributed by atoms with Crippen LogP contribution < -0.4 is 11.3 Å². The number of rotatable bonds is 3. The van der Waals surface area contributed by atoms with Crippen LogP contribution in [0.4, 0.5) is 0 Å². The van der Waals surface area contributed by atoms with Gasteiger partial charge in [0.15, 0.2) is 5.22 Å². The van der Waals surface area contributed by atoms with Crippen molar-refractivity contribution in [1.82, 2.24) is 5.43 Å². The highest BCUT2D eigenvalue weighted by atomic mass is 35.5. The maximum absolute atomic E-state index is 5.82. The highest BCUT2D eigenvalue weighted by Crippen LogP contribution is 2.40. The van der Waals surface area contributed by atoms with Crippen molar-refractivity contribution in [3.05, 3.63) is 23.1 Å². The third-order valence-electron chi connectivity index (χ3n) is 3.77. The van der Waals surface area contributed by atoms with Crippen LogP contribution in [0.5, 0.6) is 0 Å². The molecule has 3 N–H and O–H groups in total. The molecule has 1 aromatic heterocycles. The van der Waals surface area contributed by atoms with Gasteiger partial charge in [-0.15, -0.1) is 0 Å². The Hall–Kier alpha value is -0.510. The zero-order chi connectivity index (χ0) is 12.4. The number of hydrogen-bond acceptors (Lipinski definition) is 3. The average molecular weight is 257 g/mol. The summed E-state index contributed by atoms with van der Waals surface area (Å²) in [7, 11) is 0. The fourth-order valence-electron chi connectivity index (χ4n) is 3.23. The second-order valence-electron chi connectivity index (χ2n) is 5.46. The normalized spacial score (nSPS) is 31.4. The maximum atomic E-state index is 5.82. The molecule has 3 atom stereocenters. The largest absolute Gasteiger partial charge is 0.448 e. The van der Waals surface area contributed by atoms with Crippen LogP contribution >= 0.6 is 11.6 Å². The topological polar surface area (TPSA) is 51.2 Å². The lowest BCUT2D eigenvalue weighted by Gasteiger charge is -2.35. The number of nitrogens with two attached hydrogens (primary N) is 1. The lowest BCUT2D eigenvalue weighted by atomic mass is 9.73. The molecule has 2 rings (SSSR count). The molecule has 0 radical (unpaired) electrons. The van der Waals surface area contributed by atoms with E-state index < -0.39 is 0 Å². The molecule has 1 saturated carbocycles. The van der Waals surface area contributed by atoms with E-state index in [2.05, 4.69) is 19.3 Å². The fourth-order valence-corrected chi connectivity index (χ4v) is 3.38. The van der Waals surface area contributed by atoms with E-state index in [1.165, 1.54) is 19.3 Å². The van der Waals surface area contributed by atoms with Gasteiger partial charge in [-0.2, -0.15) is 0 Å². The van der Waals surface area contributed by atoms with Gasteiger partial charge in [-0.3, -0.25) is 5.84 Å². The maximum Gasteiger partial charge on any atom is 0.193 e. The lowest BCUT2D eigenvalue weighted by Crippen LogP contribution is -2.36. The van der Waals surface area contributed by atoms with Crippen molar-refractivity contribution in [2.45, 2.75) is 39.2 Å². The standard InChI is InChI=1S/C13H21ClN2O/c1-8-5-9(2)7-10(6-8)13(16-15)11-3-4-12(14)17-11/h3-4,8-10,13,16H,5-7,15H2,1-2H3. The van der Waals surface area contributed by atoms with Crippen LogP contribution in [0.25, 0.3) is 0 Å². The molecule has 0 spiro atoms. The van der Waals surface area contributed by atoms with E-state index in [4.69, 9.17) is 21.9 Å². The molecule has 0 bridgehead atoms. The summed E-state index contributed by atoms with van der Waals surface area (Å²) in [5.74, 6) is 8.57. The number of halogens is 1. The molecule has 17 heavy (non-hydrogen) atoms. The summed E-state index contributed by atoms with van der Waals surface area (Å²) >= 11 is 5.82. The van der Waals surface area contributed by atoms with E-state index in [-0.39, 0.29) is 6.04 Å². The Labute approximate surface area is 108 Å². The van der Waals surface area contributed by atoms with Crippen molar-refractivity contribution in [1.29, 1.82) is 0 Å². The van der Waals surface area contributed by atoms with Gasteiger partial charge in [0.05, 0.1) is 6.04 Å². The minimum atomic E-state index is 0.0766. The summed E-state index contributed by atoms with van der Waals surface area (Å²) in [6, 6.07) is 3.76. The SMILES string of the molecule is CC1CC(C)CC(C(NN)c2ccc(Cl)o2)C1. The van der Waals surface area contributed by atoms with E-state index >= 15 is 0 Å². The van der Waals surface area contributed by atoms with E-state index in [1.54, 1.807) is 6.07 Å². The van der Waals surface area contributed by atoms with Crippen LogP contribution in [0, 0.1) is 17.8 Å². The lowest BCUT2D eigenvalue weighted by molar-refractivity contribution is 0.165. The summed E-state index contributed by atoms with van der Waals surface area (Å²) in [5.41, 5.74) is 2.89. The van der Waals surface area contributed by atoms with Crippen molar-refractivity contribution >= 4 is 11.6 Å². The van der Waals surface area contributed by atoms with Crippen molar-refractivity contribution in [3.63, 3.8) is 0 Å². The Morgan fingerprint density at radius 1 is 1.29 bits per heavy atom. The summed E-state index contributed by atoms with van der Waals surface area (Å²) in [6.07, 6.45) is 3.70. The molecule has 1 heterocycles. The van der Waals surface area contributed by atoms with Crippen molar-refractivity contribution < 1.29 is 4.42 Å². The number of hydrogen-bond donors (Lipinski definition) is 2. The van der Waals surface area contributed by atoms with E-state index in [9.17, 15) is 0 Å². The smallest absolute Gasteiger partial charge is 0.193 e. The highest BCUT2D eigenvalue weighted by Gasteiger charge is 2.31. The van der Waals surface area contributed by atoms with Crippen LogP contribution in [0.15, 0.2) is 16.5 Å². The molecule has 3 nitrogen and oxygen atoms in total. The first kappa shape index (κ1) is 12.9. The van der Waals surface area contributed by atoms with Gasteiger partial charge in [0, 0.05) is 0 Å². The molecule has 1 fully saturated rings. The van der Waals surface area contributed by atoms with Gasteiger partial charge in [-0.25, -0.2) is 5.43 Å². The average Bonchev–Trinajstić information content (AvgIpc) is 2.64. The first-order chi connectivity index (χ1) is 8.10. The van der Waals surface area contributed by atoms with Crippen molar-refractivity contribution in [2.75, 3.05) is 0 Å². The molecule has 3 unspecified atom stereocenters. The van der Waals surface area contributed by atoms with Crippen LogP contribution in [0.1, 0.15) is 44.9 Å². The number of hydrazine groups is 1. The third kappa shape index (κ3) is 3.03. The molecule has 4 heteroatoms. The summed E-state index contributed by atoms with van der Waals surface area (Å²) in [4.78, 5) is 0.